The summed E-state index contributed by atoms with van der Waals surface area (Å²) in [5.74, 6) is 0. The third-order valence-electron chi connectivity index (χ3n) is 11.1. The van der Waals surface area contributed by atoms with E-state index in [0.29, 0.717) is 11.1 Å². The summed E-state index contributed by atoms with van der Waals surface area (Å²) in [6.45, 7) is 6.18. The van der Waals surface area contributed by atoms with Crippen molar-refractivity contribution in [3.8, 4) is 40.3 Å². The molecule has 0 saturated heterocycles. The first kappa shape index (κ1) is 32.8. The van der Waals surface area contributed by atoms with Gasteiger partial charge in [0.1, 0.15) is 0 Å². The molecule has 0 aliphatic heterocycles. The molecule has 3 heterocycles. The predicted molar refractivity (Wildman–Crippen MR) is 231 cm³/mol. The summed E-state index contributed by atoms with van der Waals surface area (Å²) in [7, 11) is 0. The molecule has 10 rings (SSSR count). The number of aryl methyl sites for hydroxylation is 1. The molecule has 0 fully saturated rings. The van der Waals surface area contributed by atoms with Gasteiger partial charge in [0.05, 0.1) is 62.2 Å². The van der Waals surface area contributed by atoms with Crippen molar-refractivity contribution in [1.82, 2.24) is 13.7 Å². The van der Waals surface area contributed by atoms with Crippen LogP contribution in [0.3, 0.4) is 0 Å². The van der Waals surface area contributed by atoms with Gasteiger partial charge in [-0.15, -0.1) is 0 Å². The lowest BCUT2D eigenvalue weighted by Gasteiger charge is -2.19. The van der Waals surface area contributed by atoms with E-state index in [1.165, 1.54) is 10.8 Å². The van der Waals surface area contributed by atoms with Crippen LogP contribution in [0.5, 0.6) is 0 Å². The third kappa shape index (κ3) is 4.79. The number of fused-ring (bicyclic) bond motifs is 7. The monoisotopic (exact) mass is 715 g/mol. The molecule has 0 N–H and O–H groups in total. The number of rotatable bonds is 6. The van der Waals surface area contributed by atoms with E-state index in [0.717, 1.165) is 83.2 Å². The van der Waals surface area contributed by atoms with E-state index in [-0.39, 0.29) is 0 Å². The molecule has 0 saturated carbocycles. The fourth-order valence-corrected chi connectivity index (χ4v) is 8.70. The Morgan fingerprint density at radius 2 is 1.20 bits per heavy atom. The molecule has 0 amide bonds. The Labute approximate surface area is 323 Å². The number of benzene rings is 7. The van der Waals surface area contributed by atoms with Crippen molar-refractivity contribution >= 4 is 60.6 Å². The number of hydrogen-bond donors (Lipinski definition) is 0. The van der Waals surface area contributed by atoms with Crippen LogP contribution in [-0.4, -0.2) is 13.7 Å². The fourth-order valence-electron chi connectivity index (χ4n) is 8.70. The Morgan fingerprint density at radius 1 is 0.554 bits per heavy atom. The molecule has 0 radical (unpaired) electrons. The molecule has 0 aliphatic rings. The summed E-state index contributed by atoms with van der Waals surface area (Å²) in [5.41, 5.74) is 13.5. The smallest absolute Gasteiger partial charge is 0.0998 e. The first-order valence-corrected chi connectivity index (χ1v) is 18.6. The van der Waals surface area contributed by atoms with Gasteiger partial charge in [0, 0.05) is 43.9 Å². The van der Waals surface area contributed by atoms with Crippen molar-refractivity contribution in [1.29, 1.82) is 10.5 Å². The average molecular weight is 716 g/mol. The molecule has 0 bridgehead atoms. The minimum atomic E-state index is 0.568. The lowest BCUT2D eigenvalue weighted by Crippen LogP contribution is -2.04. The van der Waals surface area contributed by atoms with Crippen molar-refractivity contribution in [3.63, 3.8) is 0 Å². The van der Waals surface area contributed by atoms with Gasteiger partial charge < -0.3 is 13.7 Å². The van der Waals surface area contributed by atoms with Crippen LogP contribution in [0.2, 0.25) is 0 Å². The van der Waals surface area contributed by atoms with Gasteiger partial charge in [0.25, 0.3) is 0 Å². The van der Waals surface area contributed by atoms with Crippen LogP contribution >= 0.6 is 0 Å². The zero-order chi connectivity index (χ0) is 37.9. The molecule has 262 valence electrons. The van der Waals surface area contributed by atoms with E-state index >= 15 is 0 Å². The van der Waals surface area contributed by atoms with E-state index in [1.807, 2.05) is 42.5 Å². The van der Waals surface area contributed by atoms with Gasteiger partial charge >= 0.3 is 0 Å². The summed E-state index contributed by atoms with van der Waals surface area (Å²) >= 11 is 0. The van der Waals surface area contributed by atoms with Crippen molar-refractivity contribution in [2.24, 2.45) is 0 Å². The second kappa shape index (κ2) is 12.9. The van der Waals surface area contributed by atoms with Crippen LogP contribution in [0.4, 0.5) is 0 Å². The lowest BCUT2D eigenvalue weighted by atomic mass is 10.00. The predicted octanol–water partition coefficient (Wildman–Crippen LogP) is 12.7. The molecule has 7 aromatic carbocycles. The molecule has 0 atom stereocenters. The summed E-state index contributed by atoms with van der Waals surface area (Å²) in [6.07, 6.45) is 5.89. The van der Waals surface area contributed by atoms with Crippen LogP contribution in [0, 0.1) is 29.6 Å². The molecule has 3 aromatic heterocycles. The highest BCUT2D eigenvalue weighted by Crippen LogP contribution is 2.42. The molecule has 0 unspecified atom stereocenters. The Kier molecular flexibility index (Phi) is 7.56. The SMILES string of the molecule is C=C/C=C\c1c(C)c2cccc(-n3c4ccccc4c4ccccc43)c2n1-c1cc(C#N)ccc1-c1cccc(-n2c3ccccc3c3c(C#N)cccc32)c1. The van der Waals surface area contributed by atoms with Crippen LogP contribution < -0.4 is 0 Å². The maximum Gasteiger partial charge on any atom is 0.0998 e. The summed E-state index contributed by atoms with van der Waals surface area (Å²) in [5, 5.41) is 25.9. The maximum atomic E-state index is 10.3. The molecule has 0 spiro atoms. The fraction of sp³-hybridized carbons (Fsp3) is 0.0196. The standard InChI is InChI=1S/C51H33N5/c1-3-4-21-43-33(2)38-20-13-26-48(55-44-22-8-5-17-40(44)41-18-6-9-23-45(41)55)51(38)56(43)49-29-34(31-52)27-28-39(49)35-14-11-16-37(30-35)54-46-24-10-7-19-42(46)50-36(32-53)15-12-25-47(50)54/h3-30H,1H2,2H3/b21-4-. The van der Waals surface area contributed by atoms with Crippen molar-refractivity contribution < 1.29 is 0 Å². The largest absolute Gasteiger partial charge is 0.309 e. The molecule has 5 nitrogen and oxygen atoms in total. The summed E-state index contributed by atoms with van der Waals surface area (Å²) in [4.78, 5) is 0. The summed E-state index contributed by atoms with van der Waals surface area (Å²) in [6, 6.07) is 57.2. The highest BCUT2D eigenvalue weighted by Gasteiger charge is 2.23. The first-order chi connectivity index (χ1) is 27.6. The lowest BCUT2D eigenvalue weighted by molar-refractivity contribution is 1.08. The second-order valence-corrected chi connectivity index (χ2v) is 14.0. The number of para-hydroxylation sites is 4. The number of hydrogen-bond acceptors (Lipinski definition) is 2. The van der Waals surface area contributed by atoms with Gasteiger partial charge in [-0.05, 0) is 84.8 Å². The normalized spacial score (nSPS) is 11.6. The van der Waals surface area contributed by atoms with Crippen LogP contribution in [0.1, 0.15) is 22.4 Å². The van der Waals surface area contributed by atoms with Crippen LogP contribution in [0.15, 0.2) is 170 Å². The Bertz CT molecular complexity index is 3320. The first-order valence-electron chi connectivity index (χ1n) is 18.6. The highest BCUT2D eigenvalue weighted by molar-refractivity contribution is 6.12. The second-order valence-electron chi connectivity index (χ2n) is 14.0. The quantitative estimate of drug-likeness (QED) is 0.161. The van der Waals surface area contributed by atoms with Gasteiger partial charge in [-0.1, -0.05) is 110 Å². The van der Waals surface area contributed by atoms with Crippen LogP contribution in [-0.2, 0) is 0 Å². The molecule has 0 aliphatic carbocycles. The topological polar surface area (TPSA) is 62.4 Å². The van der Waals surface area contributed by atoms with E-state index < -0.39 is 0 Å². The van der Waals surface area contributed by atoms with Gasteiger partial charge in [0.15, 0.2) is 0 Å². The van der Waals surface area contributed by atoms with E-state index in [2.05, 4.69) is 161 Å². The maximum absolute atomic E-state index is 10.3. The molecule has 5 heteroatoms. The molecule has 56 heavy (non-hydrogen) atoms. The minimum absolute atomic E-state index is 0.568. The van der Waals surface area contributed by atoms with Gasteiger partial charge in [-0.3, -0.25) is 0 Å². The van der Waals surface area contributed by atoms with Crippen molar-refractivity contribution in [3.05, 3.63) is 193 Å². The highest BCUT2D eigenvalue weighted by atomic mass is 15.1. The summed E-state index contributed by atoms with van der Waals surface area (Å²) < 4.78 is 6.94. The number of allylic oxidation sites excluding steroid dienone is 2. The van der Waals surface area contributed by atoms with Gasteiger partial charge in [-0.2, -0.15) is 10.5 Å². The van der Waals surface area contributed by atoms with E-state index in [9.17, 15) is 10.5 Å². The van der Waals surface area contributed by atoms with Crippen molar-refractivity contribution in [2.75, 3.05) is 0 Å². The van der Waals surface area contributed by atoms with Gasteiger partial charge in [0.2, 0.25) is 0 Å². The Morgan fingerprint density at radius 3 is 1.91 bits per heavy atom. The third-order valence-corrected chi connectivity index (χ3v) is 11.1. The molecular formula is C51H33N5. The minimum Gasteiger partial charge on any atom is -0.309 e. The zero-order valence-electron chi connectivity index (χ0n) is 30.6. The van der Waals surface area contributed by atoms with Crippen molar-refractivity contribution in [2.45, 2.75) is 6.92 Å². The number of aromatic nitrogens is 3. The van der Waals surface area contributed by atoms with E-state index in [1.54, 1.807) is 6.08 Å². The number of nitrogens with zero attached hydrogens (tertiary/aromatic N) is 5. The van der Waals surface area contributed by atoms with E-state index in [4.69, 9.17) is 0 Å². The Balaban J connectivity index is 1.29. The number of nitriles is 2. The zero-order valence-corrected chi connectivity index (χ0v) is 30.6. The molecule has 10 aromatic rings. The average Bonchev–Trinajstić information content (AvgIpc) is 3.88. The van der Waals surface area contributed by atoms with Gasteiger partial charge in [-0.25, -0.2) is 0 Å². The molecular weight excluding hydrogens is 683 g/mol. The Hall–Kier alpha value is -7.86. The van der Waals surface area contributed by atoms with Crippen LogP contribution in [0.25, 0.3) is 88.8 Å².